The summed E-state index contributed by atoms with van der Waals surface area (Å²) in [4.78, 5) is 103. The summed E-state index contributed by atoms with van der Waals surface area (Å²) in [6, 6.07) is 3.35. The number of fused-ring (bicyclic) bond motifs is 6. The van der Waals surface area contributed by atoms with Crippen molar-refractivity contribution < 1.29 is 62.3 Å². The van der Waals surface area contributed by atoms with Crippen molar-refractivity contribution in [1.29, 1.82) is 0 Å². The maximum atomic E-state index is 13.9. The van der Waals surface area contributed by atoms with E-state index in [1.165, 1.54) is 12.4 Å². The molecule has 5 amide bonds. The van der Waals surface area contributed by atoms with E-state index in [4.69, 9.17) is 51.4 Å². The molecule has 0 aliphatic carbocycles. The first kappa shape index (κ1) is 55.8. The summed E-state index contributed by atoms with van der Waals surface area (Å²) in [6.45, 7) is 5.65. The lowest BCUT2D eigenvalue weighted by atomic mass is 9.86. The summed E-state index contributed by atoms with van der Waals surface area (Å²) in [7, 11) is 0. The van der Waals surface area contributed by atoms with Gasteiger partial charge in [-0.25, -0.2) is 14.8 Å². The van der Waals surface area contributed by atoms with Crippen LogP contribution < -0.4 is 47.4 Å². The smallest absolute Gasteiger partial charge is 0.343 e. The van der Waals surface area contributed by atoms with E-state index in [0.29, 0.717) is 72.6 Å². The van der Waals surface area contributed by atoms with E-state index in [1.807, 2.05) is 6.07 Å². The molecular formula is C50H64N10O14S. The van der Waals surface area contributed by atoms with Crippen molar-refractivity contribution in [2.45, 2.75) is 96.6 Å². The number of cyclic esters (lactones) is 1. The molecule has 9 N–H and O–H groups in total. The molecule has 75 heavy (non-hydrogen) atoms. The first-order valence-corrected chi connectivity index (χ1v) is 25.4. The highest BCUT2D eigenvalue weighted by Crippen LogP contribution is 2.43. The number of nitrogens with zero attached hydrogens (tertiary/aromatic N) is 3. The molecule has 1 aromatic carbocycles. The molecule has 0 radical (unpaired) electrons. The van der Waals surface area contributed by atoms with Gasteiger partial charge in [-0.15, -0.1) is 0 Å². The van der Waals surface area contributed by atoms with Crippen LogP contribution >= 0.6 is 12.2 Å². The third kappa shape index (κ3) is 13.7. The summed E-state index contributed by atoms with van der Waals surface area (Å²) >= 11 is 4.87. The maximum absolute atomic E-state index is 13.9. The number of benzene rings is 1. The number of aromatic amines is 1. The number of pyridine rings is 2. The highest BCUT2D eigenvalue weighted by atomic mass is 32.1. The molecule has 0 spiro atoms. The number of rotatable bonds is 28. The Morgan fingerprint density at radius 3 is 2.44 bits per heavy atom. The quantitative estimate of drug-likeness (QED) is 0.0150. The van der Waals surface area contributed by atoms with Crippen LogP contribution in [0.4, 0.5) is 0 Å². The zero-order valence-corrected chi connectivity index (χ0v) is 43.0. The van der Waals surface area contributed by atoms with Crippen molar-refractivity contribution in [3.63, 3.8) is 0 Å². The number of H-pyrrole nitrogens is 1. The van der Waals surface area contributed by atoms with Crippen molar-refractivity contribution in [2.75, 3.05) is 66.2 Å². The molecule has 7 rings (SSSR count). The lowest BCUT2D eigenvalue weighted by Gasteiger charge is -2.31. The van der Waals surface area contributed by atoms with Gasteiger partial charge < -0.3 is 75.4 Å². The van der Waals surface area contributed by atoms with Gasteiger partial charge in [0.2, 0.25) is 30.4 Å². The van der Waals surface area contributed by atoms with E-state index in [0.717, 1.165) is 16.5 Å². The molecular weight excluding hydrogens is 997 g/mol. The van der Waals surface area contributed by atoms with Crippen LogP contribution in [0.25, 0.3) is 22.3 Å². The largest absolute Gasteiger partial charge is 0.458 e. The number of carbonyl (C=O) groups is 6. The average Bonchev–Trinajstić information content (AvgIpc) is 4.05. The molecule has 0 bridgehead atoms. The van der Waals surface area contributed by atoms with Gasteiger partial charge in [-0.05, 0) is 87.3 Å². The SMILES string of the molecule is CC[C@]1(O)C(=O)OCc2c1cc1n(c2=O)Cc2c-1nc1cc3c(cc1c2CCCCOCNC(=O)CNC(=O)[C@H](CCCCN)NC(=O)[C@@H](NC(=O)COCCOCCNC(=O)c1cnc(=S)[nH]c1)C(C)C)OCO3. The highest BCUT2D eigenvalue weighted by Gasteiger charge is 2.45. The van der Waals surface area contributed by atoms with Crippen molar-refractivity contribution in [2.24, 2.45) is 11.7 Å². The molecule has 24 nitrogen and oxygen atoms in total. The molecule has 0 saturated carbocycles. The summed E-state index contributed by atoms with van der Waals surface area (Å²) in [6.07, 6.45) is 6.00. The molecule has 3 aromatic heterocycles. The molecule has 0 fully saturated rings. The van der Waals surface area contributed by atoms with Gasteiger partial charge in [0.25, 0.3) is 11.5 Å². The van der Waals surface area contributed by atoms with Crippen LogP contribution in [0.15, 0.2) is 35.4 Å². The molecule has 3 aliphatic rings. The van der Waals surface area contributed by atoms with Crippen molar-refractivity contribution in [3.8, 4) is 22.9 Å². The number of aliphatic hydroxyl groups is 1. The van der Waals surface area contributed by atoms with Crippen LogP contribution in [0.1, 0.15) is 91.9 Å². The molecule has 404 valence electrons. The number of amides is 5. The molecule has 0 saturated heterocycles. The Hall–Kier alpha value is -6.90. The van der Waals surface area contributed by atoms with Gasteiger partial charge in [0, 0.05) is 48.1 Å². The van der Waals surface area contributed by atoms with E-state index >= 15 is 0 Å². The summed E-state index contributed by atoms with van der Waals surface area (Å²) in [5, 5.41) is 25.5. The fraction of sp³-hybridized carbons (Fsp3) is 0.520. The van der Waals surface area contributed by atoms with Gasteiger partial charge in [0.05, 0.1) is 60.9 Å². The predicted octanol–water partition coefficient (Wildman–Crippen LogP) is 1.01. The number of carbonyl (C=O) groups excluding carboxylic acids is 6. The number of esters is 1. The van der Waals surface area contributed by atoms with Crippen molar-refractivity contribution >= 4 is 58.6 Å². The van der Waals surface area contributed by atoms with Gasteiger partial charge >= 0.3 is 5.97 Å². The first-order valence-electron chi connectivity index (χ1n) is 25.0. The van der Waals surface area contributed by atoms with Gasteiger partial charge in [0.1, 0.15) is 32.0 Å². The Bertz CT molecular complexity index is 2870. The molecule has 3 aliphatic heterocycles. The van der Waals surface area contributed by atoms with Crippen LogP contribution in [0.5, 0.6) is 11.5 Å². The second kappa shape index (κ2) is 26.0. The topological polar surface area (TPSA) is 328 Å². The van der Waals surface area contributed by atoms with Crippen LogP contribution in [0.2, 0.25) is 0 Å². The molecule has 4 aromatic rings. The van der Waals surface area contributed by atoms with Gasteiger partial charge in [0.15, 0.2) is 21.9 Å². The Kier molecular flexibility index (Phi) is 19.4. The zero-order valence-electron chi connectivity index (χ0n) is 42.1. The highest BCUT2D eigenvalue weighted by molar-refractivity contribution is 7.71. The summed E-state index contributed by atoms with van der Waals surface area (Å²) in [5.41, 5.74) is 7.63. The van der Waals surface area contributed by atoms with E-state index in [-0.39, 0.29) is 119 Å². The fourth-order valence-corrected chi connectivity index (χ4v) is 8.97. The number of aryl methyl sites for hydroxylation is 1. The monoisotopic (exact) mass is 1060 g/mol. The molecule has 3 atom stereocenters. The third-order valence-electron chi connectivity index (χ3n) is 13.0. The standard InChI is InChI=1S/C50H64N10O14S/c1-4-50(68)34-18-37-43-32(23-60(37)47(66)33(34)24-72-48(50)67)30(31-17-38-39(74-27-73-38)19-36(31)57-43)9-6-8-13-71-26-56-40(61)22-53-45(64)35(10-5-7-11-51)58-46(65)42(28(2)3)59-41(62)25-70-16-15-69-14-12-52-44(63)29-20-54-49(75)55-21-29/h17-21,28,35,42,68H,4-16,22-27,51H2,1-3H3,(H,52,63)(H,53,64)(H,56,61)(H,58,65)(H,59,62)(H,54,55,75)/t35-,42-,50+/m0/s1. The minimum atomic E-state index is -1.96. The summed E-state index contributed by atoms with van der Waals surface area (Å²) < 4.78 is 35.0. The average molecular weight is 1060 g/mol. The maximum Gasteiger partial charge on any atom is 0.343 e. The Morgan fingerprint density at radius 2 is 1.69 bits per heavy atom. The number of hydrogen-bond donors (Lipinski definition) is 8. The van der Waals surface area contributed by atoms with Crippen LogP contribution in [0, 0.1) is 10.7 Å². The molecule has 6 heterocycles. The number of nitrogens with two attached hydrogens (primary N) is 1. The van der Waals surface area contributed by atoms with Crippen LogP contribution in [-0.2, 0) is 68.1 Å². The number of ether oxygens (including phenoxy) is 6. The number of unbranched alkanes of at least 4 members (excludes halogenated alkanes) is 2. The van der Waals surface area contributed by atoms with E-state index in [2.05, 4.69) is 36.6 Å². The Morgan fingerprint density at radius 1 is 0.907 bits per heavy atom. The number of hydrogen-bond acceptors (Lipinski definition) is 18. The Labute approximate surface area is 436 Å². The summed E-state index contributed by atoms with van der Waals surface area (Å²) in [5.74, 6) is -2.63. The van der Waals surface area contributed by atoms with Gasteiger partial charge in [-0.1, -0.05) is 20.8 Å². The van der Waals surface area contributed by atoms with Crippen LogP contribution in [-0.4, -0.2) is 138 Å². The second-order valence-corrected chi connectivity index (χ2v) is 18.8. The molecule has 25 heteroatoms. The molecule has 0 unspecified atom stereocenters. The van der Waals surface area contributed by atoms with Gasteiger partial charge in [-0.2, -0.15) is 0 Å². The van der Waals surface area contributed by atoms with E-state index < -0.39 is 47.3 Å². The van der Waals surface area contributed by atoms with E-state index in [1.54, 1.807) is 37.5 Å². The normalized spacial score (nSPS) is 15.8. The minimum absolute atomic E-state index is 0.0237. The lowest BCUT2D eigenvalue weighted by molar-refractivity contribution is -0.172. The van der Waals surface area contributed by atoms with Crippen molar-refractivity contribution in [1.82, 2.24) is 46.1 Å². The predicted molar refractivity (Wildman–Crippen MR) is 271 cm³/mol. The van der Waals surface area contributed by atoms with Gasteiger partial charge in [-0.3, -0.25) is 28.8 Å². The lowest BCUT2D eigenvalue weighted by Crippen LogP contribution is -2.56. The number of aromatic nitrogens is 4. The van der Waals surface area contributed by atoms with Crippen LogP contribution in [0.3, 0.4) is 0 Å². The Balaban J connectivity index is 0.839. The third-order valence-corrected chi connectivity index (χ3v) is 13.2. The fourth-order valence-electron chi connectivity index (χ4n) is 8.86. The first-order chi connectivity index (χ1) is 36.1. The number of nitrogens with one attached hydrogen (secondary N) is 6. The second-order valence-electron chi connectivity index (χ2n) is 18.4. The minimum Gasteiger partial charge on any atom is -0.458 e. The van der Waals surface area contributed by atoms with Crippen molar-refractivity contribution in [3.05, 3.63) is 73.5 Å². The van der Waals surface area contributed by atoms with E-state index in [9.17, 15) is 38.7 Å². The zero-order chi connectivity index (χ0) is 53.6.